The van der Waals surface area contributed by atoms with E-state index >= 15 is 0 Å². The first-order valence-corrected chi connectivity index (χ1v) is 7.52. The van der Waals surface area contributed by atoms with Crippen LogP contribution >= 0.6 is 0 Å². The standard InChI is InChI=1S/C16H19F3N2O3/c1-15(2,21-14(23)10-7-8-20-13(22)9-10)11-3-5-12(6-4-11)24-16(17,18)19/h3-6,10H,7-9H2,1-2H3,(H,20,22)(H,21,23). The smallest absolute Gasteiger partial charge is 0.406 e. The third kappa shape index (κ3) is 4.87. The Balaban J connectivity index is 2.03. The summed E-state index contributed by atoms with van der Waals surface area (Å²) in [4.78, 5) is 23.7. The average Bonchev–Trinajstić information content (AvgIpc) is 2.45. The number of piperidine rings is 1. The van der Waals surface area contributed by atoms with Gasteiger partial charge < -0.3 is 15.4 Å². The molecule has 2 N–H and O–H groups in total. The van der Waals surface area contributed by atoms with Crippen LogP contribution in [0.4, 0.5) is 13.2 Å². The Morgan fingerprint density at radius 2 is 1.88 bits per heavy atom. The van der Waals surface area contributed by atoms with E-state index in [9.17, 15) is 22.8 Å². The van der Waals surface area contributed by atoms with Crippen molar-refractivity contribution in [1.82, 2.24) is 10.6 Å². The van der Waals surface area contributed by atoms with Crippen LogP contribution in [0.5, 0.6) is 5.75 Å². The molecule has 1 aliphatic heterocycles. The lowest BCUT2D eigenvalue weighted by Gasteiger charge is -2.30. The van der Waals surface area contributed by atoms with Gasteiger partial charge in [0.2, 0.25) is 11.8 Å². The largest absolute Gasteiger partial charge is 0.573 e. The number of ether oxygens (including phenoxy) is 1. The summed E-state index contributed by atoms with van der Waals surface area (Å²) < 4.78 is 40.3. The van der Waals surface area contributed by atoms with Crippen LogP contribution in [0, 0.1) is 5.92 Å². The fourth-order valence-corrected chi connectivity index (χ4v) is 2.56. The first-order chi connectivity index (χ1) is 11.1. The van der Waals surface area contributed by atoms with Gasteiger partial charge in [0.25, 0.3) is 0 Å². The maximum Gasteiger partial charge on any atom is 0.573 e. The number of nitrogens with one attached hydrogen (secondary N) is 2. The second-order valence-electron chi connectivity index (χ2n) is 6.23. The molecule has 0 aliphatic carbocycles. The topological polar surface area (TPSA) is 67.4 Å². The minimum absolute atomic E-state index is 0.139. The summed E-state index contributed by atoms with van der Waals surface area (Å²) in [6.45, 7) is 3.95. The minimum Gasteiger partial charge on any atom is -0.406 e. The van der Waals surface area contributed by atoms with E-state index in [1.54, 1.807) is 13.8 Å². The SMILES string of the molecule is CC(C)(NC(=O)C1CCNC(=O)C1)c1ccc(OC(F)(F)F)cc1. The monoisotopic (exact) mass is 344 g/mol. The molecule has 132 valence electrons. The van der Waals surface area contributed by atoms with Crippen molar-refractivity contribution in [3.63, 3.8) is 0 Å². The lowest BCUT2D eigenvalue weighted by molar-refractivity contribution is -0.274. The van der Waals surface area contributed by atoms with Crippen molar-refractivity contribution in [3.8, 4) is 5.75 Å². The van der Waals surface area contributed by atoms with Gasteiger partial charge >= 0.3 is 6.36 Å². The fourth-order valence-electron chi connectivity index (χ4n) is 2.56. The highest BCUT2D eigenvalue weighted by Crippen LogP contribution is 2.27. The fraction of sp³-hybridized carbons (Fsp3) is 0.500. The van der Waals surface area contributed by atoms with Crippen molar-refractivity contribution in [2.45, 2.75) is 38.6 Å². The van der Waals surface area contributed by atoms with Gasteiger partial charge in [0.05, 0.1) is 5.54 Å². The van der Waals surface area contributed by atoms with E-state index in [4.69, 9.17) is 0 Å². The van der Waals surface area contributed by atoms with Gasteiger partial charge in [-0.2, -0.15) is 0 Å². The van der Waals surface area contributed by atoms with E-state index in [-0.39, 0.29) is 24.0 Å². The molecule has 0 saturated carbocycles. The van der Waals surface area contributed by atoms with Gasteiger partial charge in [-0.25, -0.2) is 0 Å². The molecule has 1 aliphatic rings. The molecule has 8 heteroatoms. The number of rotatable bonds is 4. The summed E-state index contributed by atoms with van der Waals surface area (Å²) in [7, 11) is 0. The number of benzene rings is 1. The second-order valence-corrected chi connectivity index (χ2v) is 6.23. The van der Waals surface area contributed by atoms with Crippen LogP contribution < -0.4 is 15.4 Å². The molecule has 1 heterocycles. The van der Waals surface area contributed by atoms with Gasteiger partial charge in [-0.3, -0.25) is 9.59 Å². The van der Waals surface area contributed by atoms with Crippen LogP contribution in [0.15, 0.2) is 24.3 Å². The molecule has 1 fully saturated rings. The quantitative estimate of drug-likeness (QED) is 0.882. The van der Waals surface area contributed by atoms with Gasteiger partial charge in [-0.05, 0) is 38.0 Å². The Morgan fingerprint density at radius 1 is 1.25 bits per heavy atom. The lowest BCUT2D eigenvalue weighted by atomic mass is 9.91. The Morgan fingerprint density at radius 3 is 2.42 bits per heavy atom. The van der Waals surface area contributed by atoms with E-state index in [1.807, 2.05) is 0 Å². The Bertz CT molecular complexity index is 612. The zero-order valence-corrected chi connectivity index (χ0v) is 13.4. The molecular formula is C16H19F3N2O3. The summed E-state index contributed by atoms with van der Waals surface area (Å²) in [6, 6.07) is 5.33. The Hall–Kier alpha value is -2.25. The third-order valence-corrected chi connectivity index (χ3v) is 3.86. The molecule has 1 aromatic rings. The molecule has 24 heavy (non-hydrogen) atoms. The second kappa shape index (κ2) is 6.70. The van der Waals surface area contributed by atoms with E-state index in [1.165, 1.54) is 24.3 Å². The third-order valence-electron chi connectivity index (χ3n) is 3.86. The Labute approximate surface area is 137 Å². The van der Waals surface area contributed by atoms with E-state index in [0.717, 1.165) is 0 Å². The molecule has 1 unspecified atom stereocenters. The Kier molecular flexibility index (Phi) is 5.05. The summed E-state index contributed by atoms with van der Waals surface area (Å²) >= 11 is 0. The molecule has 0 bridgehead atoms. The maximum atomic E-state index is 12.3. The molecule has 1 aromatic carbocycles. The molecule has 0 spiro atoms. The zero-order chi connectivity index (χ0) is 18.0. The van der Waals surface area contributed by atoms with Gasteiger partial charge in [-0.15, -0.1) is 13.2 Å². The first kappa shape index (κ1) is 18.1. The van der Waals surface area contributed by atoms with E-state index < -0.39 is 17.8 Å². The molecule has 1 atom stereocenters. The number of alkyl halides is 3. The summed E-state index contributed by atoms with van der Waals surface area (Å²) in [5.41, 5.74) is -0.160. The van der Waals surface area contributed by atoms with Crippen LogP contribution in [0.2, 0.25) is 0 Å². The van der Waals surface area contributed by atoms with Gasteiger partial charge in [0, 0.05) is 18.9 Å². The molecule has 2 rings (SSSR count). The van der Waals surface area contributed by atoms with Crippen molar-refractivity contribution >= 4 is 11.8 Å². The number of hydrogen-bond acceptors (Lipinski definition) is 3. The van der Waals surface area contributed by atoms with Crippen LogP contribution in [-0.4, -0.2) is 24.7 Å². The maximum absolute atomic E-state index is 12.3. The molecule has 0 radical (unpaired) electrons. The van der Waals surface area contributed by atoms with Crippen LogP contribution in [0.25, 0.3) is 0 Å². The highest BCUT2D eigenvalue weighted by atomic mass is 19.4. The highest BCUT2D eigenvalue weighted by molar-refractivity contribution is 5.87. The lowest BCUT2D eigenvalue weighted by Crippen LogP contribution is -2.47. The van der Waals surface area contributed by atoms with Gasteiger partial charge in [0.1, 0.15) is 5.75 Å². The number of halogens is 3. The molecular weight excluding hydrogens is 325 g/mol. The number of carbonyl (C=O) groups excluding carboxylic acids is 2. The summed E-state index contributed by atoms with van der Waals surface area (Å²) in [5, 5.41) is 5.51. The van der Waals surface area contributed by atoms with Gasteiger partial charge in [0.15, 0.2) is 0 Å². The zero-order valence-electron chi connectivity index (χ0n) is 13.4. The molecule has 5 nitrogen and oxygen atoms in total. The molecule has 0 aromatic heterocycles. The van der Waals surface area contributed by atoms with Crippen LogP contribution in [0.1, 0.15) is 32.3 Å². The van der Waals surface area contributed by atoms with E-state index in [0.29, 0.717) is 18.5 Å². The summed E-state index contributed by atoms with van der Waals surface area (Å²) in [5.74, 6) is -1.12. The molecule has 2 amide bonds. The van der Waals surface area contributed by atoms with Crippen molar-refractivity contribution < 1.29 is 27.5 Å². The van der Waals surface area contributed by atoms with Crippen LogP contribution in [0.3, 0.4) is 0 Å². The van der Waals surface area contributed by atoms with Crippen molar-refractivity contribution in [3.05, 3.63) is 29.8 Å². The number of hydrogen-bond donors (Lipinski definition) is 2. The molecule has 1 saturated heterocycles. The average molecular weight is 344 g/mol. The highest BCUT2D eigenvalue weighted by Gasteiger charge is 2.32. The van der Waals surface area contributed by atoms with Crippen molar-refractivity contribution in [1.29, 1.82) is 0 Å². The van der Waals surface area contributed by atoms with Crippen molar-refractivity contribution in [2.75, 3.05) is 6.54 Å². The number of amides is 2. The summed E-state index contributed by atoms with van der Waals surface area (Å²) in [6.07, 6.45) is -4.04. The predicted octanol–water partition coefficient (Wildman–Crippen LogP) is 2.46. The first-order valence-electron chi connectivity index (χ1n) is 7.52. The normalized spacial score (nSPS) is 18.7. The predicted molar refractivity (Wildman–Crippen MR) is 80.0 cm³/mol. The van der Waals surface area contributed by atoms with Crippen LogP contribution in [-0.2, 0) is 15.1 Å². The number of carbonyl (C=O) groups is 2. The van der Waals surface area contributed by atoms with E-state index in [2.05, 4.69) is 15.4 Å². The van der Waals surface area contributed by atoms with Gasteiger partial charge in [-0.1, -0.05) is 12.1 Å². The van der Waals surface area contributed by atoms with Crippen molar-refractivity contribution in [2.24, 2.45) is 5.92 Å². The minimum atomic E-state index is -4.74.